The molecule has 0 fully saturated rings. The van der Waals surface area contributed by atoms with Gasteiger partial charge in [0.2, 0.25) is 5.91 Å². The SMILES string of the molecule is CC.CC(=O)N(CCN)Cc1ccc(Cl)cc1Cl. The van der Waals surface area contributed by atoms with E-state index in [2.05, 4.69) is 0 Å². The number of rotatable bonds is 4. The van der Waals surface area contributed by atoms with Crippen molar-refractivity contribution in [3.63, 3.8) is 0 Å². The van der Waals surface area contributed by atoms with Crippen LogP contribution in [0.15, 0.2) is 18.2 Å². The van der Waals surface area contributed by atoms with Gasteiger partial charge in [0, 0.05) is 36.6 Å². The van der Waals surface area contributed by atoms with E-state index in [-0.39, 0.29) is 5.91 Å². The average Bonchev–Trinajstić information content (AvgIpc) is 2.34. The number of hydrogen-bond acceptors (Lipinski definition) is 2. The molecule has 0 atom stereocenters. The Bertz CT molecular complexity index is 383. The summed E-state index contributed by atoms with van der Waals surface area (Å²) in [6.45, 7) is 6.93. The van der Waals surface area contributed by atoms with Gasteiger partial charge in [-0.15, -0.1) is 0 Å². The van der Waals surface area contributed by atoms with Crippen LogP contribution in [-0.4, -0.2) is 23.9 Å². The lowest BCUT2D eigenvalue weighted by Crippen LogP contribution is -2.33. The summed E-state index contributed by atoms with van der Waals surface area (Å²) in [6.07, 6.45) is 0. The van der Waals surface area contributed by atoms with Gasteiger partial charge in [0.15, 0.2) is 0 Å². The van der Waals surface area contributed by atoms with Crippen LogP contribution in [0.25, 0.3) is 0 Å². The number of amides is 1. The Morgan fingerprint density at radius 3 is 2.39 bits per heavy atom. The molecule has 0 aliphatic rings. The van der Waals surface area contributed by atoms with E-state index in [1.54, 1.807) is 17.0 Å². The minimum atomic E-state index is -0.0172. The van der Waals surface area contributed by atoms with Crippen LogP contribution in [0.3, 0.4) is 0 Å². The molecule has 0 aromatic heterocycles. The van der Waals surface area contributed by atoms with Crippen molar-refractivity contribution in [1.29, 1.82) is 0 Å². The molecule has 102 valence electrons. The molecule has 3 nitrogen and oxygen atoms in total. The van der Waals surface area contributed by atoms with Crippen molar-refractivity contribution in [3.05, 3.63) is 33.8 Å². The highest BCUT2D eigenvalue weighted by Gasteiger charge is 2.10. The smallest absolute Gasteiger partial charge is 0.219 e. The maximum atomic E-state index is 11.3. The van der Waals surface area contributed by atoms with Crippen molar-refractivity contribution >= 4 is 29.1 Å². The second-order valence-corrected chi connectivity index (χ2v) is 4.31. The van der Waals surface area contributed by atoms with Crippen LogP contribution in [0.1, 0.15) is 26.3 Å². The molecule has 1 aromatic carbocycles. The van der Waals surface area contributed by atoms with Crippen LogP contribution >= 0.6 is 23.2 Å². The maximum absolute atomic E-state index is 11.3. The van der Waals surface area contributed by atoms with Crippen molar-refractivity contribution in [2.45, 2.75) is 27.3 Å². The molecule has 5 heteroatoms. The quantitative estimate of drug-likeness (QED) is 0.925. The maximum Gasteiger partial charge on any atom is 0.219 e. The van der Waals surface area contributed by atoms with Crippen molar-refractivity contribution in [2.75, 3.05) is 13.1 Å². The summed E-state index contributed by atoms with van der Waals surface area (Å²) in [5.41, 5.74) is 6.31. The first kappa shape index (κ1) is 17.2. The molecule has 1 amide bonds. The normalized spacial score (nSPS) is 9.44. The molecule has 0 saturated carbocycles. The van der Waals surface area contributed by atoms with Crippen LogP contribution < -0.4 is 5.73 Å². The summed E-state index contributed by atoms with van der Waals surface area (Å²) in [7, 11) is 0. The molecule has 18 heavy (non-hydrogen) atoms. The standard InChI is InChI=1S/C11H14Cl2N2O.C2H6/c1-8(16)15(5-4-14)7-9-2-3-10(12)6-11(9)13;1-2/h2-3,6H,4-5,7,14H2,1H3;1-2H3. The van der Waals surface area contributed by atoms with E-state index in [1.807, 2.05) is 19.9 Å². The summed E-state index contributed by atoms with van der Waals surface area (Å²) >= 11 is 11.8. The van der Waals surface area contributed by atoms with Gasteiger partial charge in [0.05, 0.1) is 0 Å². The highest BCUT2D eigenvalue weighted by molar-refractivity contribution is 6.35. The highest BCUT2D eigenvalue weighted by atomic mass is 35.5. The Labute approximate surface area is 119 Å². The Morgan fingerprint density at radius 1 is 1.33 bits per heavy atom. The topological polar surface area (TPSA) is 46.3 Å². The van der Waals surface area contributed by atoms with E-state index >= 15 is 0 Å². The van der Waals surface area contributed by atoms with Gasteiger partial charge < -0.3 is 10.6 Å². The van der Waals surface area contributed by atoms with Crippen molar-refractivity contribution in [3.8, 4) is 0 Å². The molecule has 0 saturated heterocycles. The van der Waals surface area contributed by atoms with Gasteiger partial charge in [-0.1, -0.05) is 43.1 Å². The number of nitrogens with two attached hydrogens (primary N) is 1. The van der Waals surface area contributed by atoms with Crippen molar-refractivity contribution in [2.24, 2.45) is 5.73 Å². The molecule has 0 aliphatic heterocycles. The van der Waals surface area contributed by atoms with Crippen LogP contribution in [0.4, 0.5) is 0 Å². The van der Waals surface area contributed by atoms with Gasteiger partial charge in [-0.3, -0.25) is 4.79 Å². The van der Waals surface area contributed by atoms with E-state index in [4.69, 9.17) is 28.9 Å². The first-order valence-corrected chi connectivity index (χ1v) is 6.69. The fraction of sp³-hybridized carbons (Fsp3) is 0.462. The van der Waals surface area contributed by atoms with Gasteiger partial charge in [-0.2, -0.15) is 0 Å². The zero-order chi connectivity index (χ0) is 14.1. The zero-order valence-corrected chi connectivity index (χ0v) is 12.6. The van der Waals surface area contributed by atoms with Crippen LogP contribution in [0, 0.1) is 0 Å². The first-order valence-electron chi connectivity index (χ1n) is 5.94. The molecular formula is C13H20Cl2N2O. The summed E-state index contributed by atoms with van der Waals surface area (Å²) in [5.74, 6) is -0.0172. The van der Waals surface area contributed by atoms with Crippen molar-refractivity contribution in [1.82, 2.24) is 4.90 Å². The van der Waals surface area contributed by atoms with Gasteiger partial charge in [-0.05, 0) is 17.7 Å². The third-order valence-electron chi connectivity index (χ3n) is 2.22. The number of nitrogens with zero attached hydrogens (tertiary/aromatic N) is 1. The van der Waals surface area contributed by atoms with Crippen LogP contribution in [-0.2, 0) is 11.3 Å². The third-order valence-corrected chi connectivity index (χ3v) is 2.81. The first-order chi connectivity index (χ1) is 8.54. The minimum Gasteiger partial charge on any atom is -0.337 e. The summed E-state index contributed by atoms with van der Waals surface area (Å²) in [4.78, 5) is 13.0. The monoisotopic (exact) mass is 290 g/mol. The van der Waals surface area contributed by atoms with Crippen LogP contribution in [0.2, 0.25) is 10.0 Å². The second-order valence-electron chi connectivity index (χ2n) is 3.46. The fourth-order valence-electron chi connectivity index (χ4n) is 1.36. The Balaban J connectivity index is 0.00000137. The van der Waals surface area contributed by atoms with E-state index in [0.29, 0.717) is 29.7 Å². The average molecular weight is 291 g/mol. The van der Waals surface area contributed by atoms with E-state index in [9.17, 15) is 4.79 Å². The lowest BCUT2D eigenvalue weighted by molar-refractivity contribution is -0.129. The predicted octanol–water partition coefficient (Wildman–Crippen LogP) is 3.33. The molecule has 0 aliphatic carbocycles. The molecule has 0 unspecified atom stereocenters. The Morgan fingerprint density at radius 2 is 1.94 bits per heavy atom. The Kier molecular flexibility index (Phi) is 8.81. The van der Waals surface area contributed by atoms with Gasteiger partial charge >= 0.3 is 0 Å². The number of carbonyl (C=O) groups is 1. The van der Waals surface area contributed by atoms with E-state index in [0.717, 1.165) is 5.56 Å². The Hall–Kier alpha value is -0.770. The highest BCUT2D eigenvalue weighted by Crippen LogP contribution is 2.22. The number of hydrogen-bond donors (Lipinski definition) is 1. The minimum absolute atomic E-state index is 0.0172. The van der Waals surface area contributed by atoms with E-state index < -0.39 is 0 Å². The summed E-state index contributed by atoms with van der Waals surface area (Å²) < 4.78 is 0. The van der Waals surface area contributed by atoms with Crippen molar-refractivity contribution < 1.29 is 4.79 Å². The predicted molar refractivity (Wildman–Crippen MR) is 78.0 cm³/mol. The molecule has 0 bridgehead atoms. The van der Waals surface area contributed by atoms with Gasteiger partial charge in [0.1, 0.15) is 0 Å². The molecule has 1 aromatic rings. The van der Waals surface area contributed by atoms with Gasteiger partial charge in [0.25, 0.3) is 0 Å². The summed E-state index contributed by atoms with van der Waals surface area (Å²) in [6, 6.07) is 5.24. The molecule has 0 spiro atoms. The lowest BCUT2D eigenvalue weighted by atomic mass is 10.2. The largest absolute Gasteiger partial charge is 0.337 e. The van der Waals surface area contributed by atoms with Crippen LogP contribution in [0.5, 0.6) is 0 Å². The molecule has 0 heterocycles. The molecule has 1 rings (SSSR count). The van der Waals surface area contributed by atoms with E-state index in [1.165, 1.54) is 6.92 Å². The molecule has 0 radical (unpaired) electrons. The molecule has 2 N–H and O–H groups in total. The molecular weight excluding hydrogens is 271 g/mol. The zero-order valence-electron chi connectivity index (χ0n) is 11.0. The number of benzene rings is 1. The lowest BCUT2D eigenvalue weighted by Gasteiger charge is -2.20. The third kappa shape index (κ3) is 5.71. The van der Waals surface area contributed by atoms with Gasteiger partial charge in [-0.25, -0.2) is 0 Å². The second kappa shape index (κ2) is 9.20. The summed E-state index contributed by atoms with van der Waals surface area (Å²) in [5, 5.41) is 1.15. The fourth-order valence-corrected chi connectivity index (χ4v) is 1.83. The number of carbonyl (C=O) groups excluding carboxylic acids is 1. The number of halogens is 2.